The third kappa shape index (κ3) is 4.56. The highest BCUT2D eigenvalue weighted by molar-refractivity contribution is 5.85. The highest BCUT2D eigenvalue weighted by Gasteiger charge is 2.19. The summed E-state index contributed by atoms with van der Waals surface area (Å²) in [6.45, 7) is 7.37. The smallest absolute Gasteiger partial charge is 0.325 e. The number of piperazine rings is 1. The van der Waals surface area contributed by atoms with Crippen LogP contribution in [0.5, 0.6) is 0 Å². The third-order valence-electron chi connectivity index (χ3n) is 5.38. The summed E-state index contributed by atoms with van der Waals surface area (Å²) in [5, 5.41) is 1.22. The van der Waals surface area contributed by atoms with Crippen molar-refractivity contribution in [2.45, 2.75) is 19.9 Å². The SMILES string of the molecule is CCOC(=O)Cn1cc(CCN2CCN(c3ncccn3)CC2)c2ccccc21. The van der Waals surface area contributed by atoms with Crippen molar-refractivity contribution in [3.63, 3.8) is 0 Å². The van der Waals surface area contributed by atoms with Gasteiger partial charge in [0.15, 0.2) is 0 Å². The first kappa shape index (κ1) is 19.4. The number of para-hydroxylation sites is 1. The fourth-order valence-electron chi connectivity index (χ4n) is 3.90. The minimum atomic E-state index is -0.195. The second-order valence-corrected chi connectivity index (χ2v) is 7.23. The summed E-state index contributed by atoms with van der Waals surface area (Å²) in [7, 11) is 0. The summed E-state index contributed by atoms with van der Waals surface area (Å²) in [6.07, 6.45) is 6.65. The van der Waals surface area contributed by atoms with E-state index in [1.807, 2.05) is 23.6 Å². The molecule has 1 fully saturated rings. The van der Waals surface area contributed by atoms with Gasteiger partial charge in [-0.05, 0) is 31.0 Å². The summed E-state index contributed by atoms with van der Waals surface area (Å²) >= 11 is 0. The van der Waals surface area contributed by atoms with Crippen LogP contribution in [0.3, 0.4) is 0 Å². The molecule has 4 rings (SSSR count). The summed E-state index contributed by atoms with van der Waals surface area (Å²) in [6, 6.07) is 10.1. The van der Waals surface area contributed by atoms with Gasteiger partial charge in [-0.15, -0.1) is 0 Å². The number of carbonyl (C=O) groups is 1. The molecule has 0 unspecified atom stereocenters. The zero-order valence-electron chi connectivity index (χ0n) is 16.8. The molecule has 0 bridgehead atoms. The molecule has 0 N–H and O–H groups in total. The lowest BCUT2D eigenvalue weighted by atomic mass is 10.1. The minimum absolute atomic E-state index is 0.195. The van der Waals surface area contributed by atoms with Gasteiger partial charge in [0.1, 0.15) is 6.54 Å². The molecular weight excluding hydrogens is 366 g/mol. The number of hydrogen-bond donors (Lipinski definition) is 0. The van der Waals surface area contributed by atoms with Crippen LogP contribution in [0.25, 0.3) is 10.9 Å². The largest absolute Gasteiger partial charge is 0.465 e. The van der Waals surface area contributed by atoms with Crippen LogP contribution in [0.2, 0.25) is 0 Å². The van der Waals surface area contributed by atoms with Crippen LogP contribution in [0, 0.1) is 0 Å². The van der Waals surface area contributed by atoms with Crippen molar-refractivity contribution < 1.29 is 9.53 Å². The predicted molar refractivity (Wildman–Crippen MR) is 113 cm³/mol. The summed E-state index contributed by atoms with van der Waals surface area (Å²) in [5.74, 6) is 0.619. The quantitative estimate of drug-likeness (QED) is 0.574. The second-order valence-electron chi connectivity index (χ2n) is 7.23. The molecule has 1 aliphatic rings. The lowest BCUT2D eigenvalue weighted by molar-refractivity contribution is -0.143. The molecule has 2 aromatic heterocycles. The Hall–Kier alpha value is -2.93. The third-order valence-corrected chi connectivity index (χ3v) is 5.38. The molecule has 1 aromatic carbocycles. The van der Waals surface area contributed by atoms with E-state index in [1.54, 1.807) is 12.4 Å². The van der Waals surface area contributed by atoms with E-state index in [0.717, 1.165) is 50.6 Å². The summed E-state index contributed by atoms with van der Waals surface area (Å²) < 4.78 is 7.13. The average molecular weight is 393 g/mol. The number of anilines is 1. The molecule has 3 heterocycles. The number of fused-ring (bicyclic) bond motifs is 1. The first-order valence-electron chi connectivity index (χ1n) is 10.2. The minimum Gasteiger partial charge on any atom is -0.465 e. The van der Waals surface area contributed by atoms with Crippen molar-refractivity contribution in [2.75, 3.05) is 44.2 Å². The Labute approximate surface area is 170 Å². The lowest BCUT2D eigenvalue weighted by Gasteiger charge is -2.34. The molecule has 0 saturated carbocycles. The molecule has 29 heavy (non-hydrogen) atoms. The normalized spacial score (nSPS) is 15.0. The first-order chi connectivity index (χ1) is 14.2. The van der Waals surface area contributed by atoms with Crippen molar-refractivity contribution >= 4 is 22.8 Å². The fourth-order valence-corrected chi connectivity index (χ4v) is 3.90. The molecule has 0 aliphatic carbocycles. The maximum atomic E-state index is 12.0. The van der Waals surface area contributed by atoms with E-state index in [9.17, 15) is 4.79 Å². The van der Waals surface area contributed by atoms with Gasteiger partial charge < -0.3 is 14.2 Å². The highest BCUT2D eigenvalue weighted by Crippen LogP contribution is 2.22. The number of esters is 1. The molecule has 0 amide bonds. The van der Waals surface area contributed by atoms with E-state index in [4.69, 9.17) is 4.74 Å². The van der Waals surface area contributed by atoms with Gasteiger partial charge in [0.25, 0.3) is 0 Å². The molecule has 1 saturated heterocycles. The van der Waals surface area contributed by atoms with Crippen molar-refractivity contribution in [1.82, 2.24) is 19.4 Å². The molecule has 152 valence electrons. The predicted octanol–water partition coefficient (Wildman–Crippen LogP) is 2.36. The van der Waals surface area contributed by atoms with Gasteiger partial charge in [-0.3, -0.25) is 9.69 Å². The van der Waals surface area contributed by atoms with Crippen LogP contribution in [0.1, 0.15) is 12.5 Å². The van der Waals surface area contributed by atoms with E-state index in [2.05, 4.69) is 44.2 Å². The number of carbonyl (C=O) groups excluding carboxylic acids is 1. The molecule has 3 aromatic rings. The monoisotopic (exact) mass is 393 g/mol. The van der Waals surface area contributed by atoms with Crippen LogP contribution in [0.4, 0.5) is 5.95 Å². The van der Waals surface area contributed by atoms with E-state index in [0.29, 0.717) is 6.61 Å². The fraction of sp³-hybridized carbons (Fsp3) is 0.409. The molecule has 7 nitrogen and oxygen atoms in total. The van der Waals surface area contributed by atoms with Gasteiger partial charge in [0, 0.05) is 62.2 Å². The molecule has 7 heteroatoms. The van der Waals surface area contributed by atoms with Gasteiger partial charge in [0.2, 0.25) is 5.95 Å². The number of aromatic nitrogens is 3. The van der Waals surface area contributed by atoms with Crippen LogP contribution >= 0.6 is 0 Å². The van der Waals surface area contributed by atoms with Gasteiger partial charge in [-0.2, -0.15) is 0 Å². The number of rotatable bonds is 7. The van der Waals surface area contributed by atoms with Crippen LogP contribution in [-0.2, 0) is 22.5 Å². The van der Waals surface area contributed by atoms with Crippen molar-refractivity contribution in [3.8, 4) is 0 Å². The van der Waals surface area contributed by atoms with Crippen molar-refractivity contribution in [2.24, 2.45) is 0 Å². The molecule has 0 atom stereocenters. The standard InChI is InChI=1S/C22H27N5O2/c1-2-29-21(28)17-27-16-18(19-6-3-4-7-20(19)27)8-11-25-12-14-26(15-13-25)22-23-9-5-10-24-22/h3-7,9-10,16H,2,8,11-15,17H2,1H3. The van der Waals surface area contributed by atoms with E-state index in [-0.39, 0.29) is 12.5 Å². The Morgan fingerprint density at radius 1 is 1.07 bits per heavy atom. The maximum absolute atomic E-state index is 12.0. The Morgan fingerprint density at radius 2 is 1.83 bits per heavy atom. The average Bonchev–Trinajstić information content (AvgIpc) is 3.11. The van der Waals surface area contributed by atoms with Gasteiger partial charge >= 0.3 is 5.97 Å². The van der Waals surface area contributed by atoms with Crippen LogP contribution in [-0.4, -0.2) is 64.7 Å². The lowest BCUT2D eigenvalue weighted by Crippen LogP contribution is -2.47. The summed E-state index contributed by atoms with van der Waals surface area (Å²) in [4.78, 5) is 25.4. The molecular formula is C22H27N5O2. The Kier molecular flexibility index (Phi) is 6.05. The Morgan fingerprint density at radius 3 is 2.59 bits per heavy atom. The molecule has 1 aliphatic heterocycles. The van der Waals surface area contributed by atoms with Crippen molar-refractivity contribution in [3.05, 3.63) is 54.5 Å². The van der Waals surface area contributed by atoms with Gasteiger partial charge in [-0.25, -0.2) is 9.97 Å². The topological polar surface area (TPSA) is 63.5 Å². The molecule has 0 radical (unpaired) electrons. The number of benzene rings is 1. The Bertz CT molecular complexity index is 948. The number of ether oxygens (including phenoxy) is 1. The van der Waals surface area contributed by atoms with Crippen LogP contribution < -0.4 is 4.90 Å². The van der Waals surface area contributed by atoms with Gasteiger partial charge in [-0.1, -0.05) is 18.2 Å². The van der Waals surface area contributed by atoms with Crippen LogP contribution in [0.15, 0.2) is 48.9 Å². The first-order valence-corrected chi connectivity index (χ1v) is 10.2. The Balaban J connectivity index is 1.38. The summed E-state index contributed by atoms with van der Waals surface area (Å²) in [5.41, 5.74) is 2.36. The number of hydrogen-bond acceptors (Lipinski definition) is 6. The zero-order chi connectivity index (χ0) is 20.1. The van der Waals surface area contributed by atoms with E-state index in [1.165, 1.54) is 10.9 Å². The second kappa shape index (κ2) is 9.05. The van der Waals surface area contributed by atoms with E-state index < -0.39 is 0 Å². The number of nitrogens with zero attached hydrogens (tertiary/aromatic N) is 5. The zero-order valence-corrected chi connectivity index (χ0v) is 16.8. The van der Waals surface area contributed by atoms with E-state index >= 15 is 0 Å². The van der Waals surface area contributed by atoms with Crippen molar-refractivity contribution in [1.29, 1.82) is 0 Å². The molecule has 0 spiro atoms. The van der Waals surface area contributed by atoms with Gasteiger partial charge in [0.05, 0.1) is 6.61 Å². The maximum Gasteiger partial charge on any atom is 0.325 e. The highest BCUT2D eigenvalue weighted by atomic mass is 16.5.